The number of fused-ring (bicyclic) bond motifs is 1. The van der Waals surface area contributed by atoms with Crippen LogP contribution < -0.4 is 5.56 Å². The highest BCUT2D eigenvalue weighted by molar-refractivity contribution is 6.30. The number of tetrazole rings is 1. The van der Waals surface area contributed by atoms with E-state index in [2.05, 4.69) is 37.5 Å². The SMILES string of the molecule is COCCn1nnnc1[C@H](c1cc2cccc(C)c2[nH]c1=O)N(CCc1ccccc1)Cc1ccc(Cl)cc1. The summed E-state index contributed by atoms with van der Waals surface area (Å²) in [6.45, 7) is 4.14. The summed E-state index contributed by atoms with van der Waals surface area (Å²) in [4.78, 5) is 19.1. The first-order valence-corrected chi connectivity index (χ1v) is 13.3. The molecule has 0 aliphatic carbocycles. The predicted octanol–water partition coefficient (Wildman–Crippen LogP) is 4.96. The number of aromatic nitrogens is 5. The second-order valence-corrected chi connectivity index (χ2v) is 10.0. The first kappa shape index (κ1) is 26.7. The van der Waals surface area contributed by atoms with Gasteiger partial charge in [-0.05, 0) is 64.0 Å². The van der Waals surface area contributed by atoms with Gasteiger partial charge in [-0.1, -0.05) is 72.3 Å². The third kappa shape index (κ3) is 6.25. The zero-order valence-electron chi connectivity index (χ0n) is 22.0. The number of ether oxygens (including phenoxy) is 1. The third-order valence-corrected chi connectivity index (χ3v) is 7.17. The van der Waals surface area contributed by atoms with Crippen molar-refractivity contribution in [3.05, 3.63) is 122 Å². The molecule has 3 aromatic carbocycles. The number of halogens is 1. The number of aryl methyl sites for hydroxylation is 1. The molecule has 8 nitrogen and oxygen atoms in total. The normalized spacial score (nSPS) is 12.3. The molecule has 200 valence electrons. The van der Waals surface area contributed by atoms with Crippen molar-refractivity contribution in [3.8, 4) is 0 Å². The van der Waals surface area contributed by atoms with Crippen molar-refractivity contribution in [2.75, 3.05) is 20.3 Å². The summed E-state index contributed by atoms with van der Waals surface area (Å²) in [6.07, 6.45) is 0.787. The van der Waals surface area contributed by atoms with Crippen molar-refractivity contribution in [2.45, 2.75) is 32.5 Å². The van der Waals surface area contributed by atoms with E-state index in [-0.39, 0.29) is 5.56 Å². The Morgan fingerprint density at radius 1 is 1.03 bits per heavy atom. The van der Waals surface area contributed by atoms with Gasteiger partial charge in [0.2, 0.25) is 0 Å². The number of hydrogen-bond donors (Lipinski definition) is 1. The van der Waals surface area contributed by atoms with Crippen molar-refractivity contribution in [2.24, 2.45) is 0 Å². The summed E-state index contributed by atoms with van der Waals surface area (Å²) in [7, 11) is 1.64. The number of aromatic amines is 1. The molecule has 1 N–H and O–H groups in total. The Morgan fingerprint density at radius 2 is 1.82 bits per heavy atom. The minimum absolute atomic E-state index is 0.163. The number of methoxy groups -OCH3 is 1. The molecule has 0 bridgehead atoms. The minimum Gasteiger partial charge on any atom is -0.383 e. The van der Waals surface area contributed by atoms with Crippen LogP contribution in [0.15, 0.2) is 83.7 Å². The number of pyridine rings is 1. The van der Waals surface area contributed by atoms with Crippen LogP contribution in [0.2, 0.25) is 5.02 Å². The van der Waals surface area contributed by atoms with E-state index in [1.807, 2.05) is 73.7 Å². The molecule has 39 heavy (non-hydrogen) atoms. The lowest BCUT2D eigenvalue weighted by molar-refractivity contribution is 0.172. The van der Waals surface area contributed by atoms with Crippen LogP contribution in [-0.4, -0.2) is 50.4 Å². The van der Waals surface area contributed by atoms with Crippen molar-refractivity contribution in [1.29, 1.82) is 0 Å². The second kappa shape index (κ2) is 12.3. The van der Waals surface area contributed by atoms with Crippen LogP contribution in [0, 0.1) is 6.92 Å². The molecule has 0 amide bonds. The van der Waals surface area contributed by atoms with E-state index < -0.39 is 6.04 Å². The van der Waals surface area contributed by atoms with Crippen LogP contribution in [0.3, 0.4) is 0 Å². The smallest absolute Gasteiger partial charge is 0.253 e. The lowest BCUT2D eigenvalue weighted by atomic mass is 10.0. The summed E-state index contributed by atoms with van der Waals surface area (Å²) in [5.74, 6) is 0.589. The molecule has 0 fully saturated rings. The van der Waals surface area contributed by atoms with Gasteiger partial charge >= 0.3 is 0 Å². The average molecular weight is 543 g/mol. The fourth-order valence-corrected chi connectivity index (χ4v) is 5.01. The van der Waals surface area contributed by atoms with E-state index in [1.165, 1.54) is 5.56 Å². The monoisotopic (exact) mass is 542 g/mol. The predicted molar refractivity (Wildman–Crippen MR) is 153 cm³/mol. The largest absolute Gasteiger partial charge is 0.383 e. The molecule has 0 saturated carbocycles. The summed E-state index contributed by atoms with van der Waals surface area (Å²) in [5.41, 5.74) is 4.55. The summed E-state index contributed by atoms with van der Waals surface area (Å²) < 4.78 is 7.04. The van der Waals surface area contributed by atoms with Crippen LogP contribution in [0.4, 0.5) is 0 Å². The van der Waals surface area contributed by atoms with E-state index in [1.54, 1.807) is 11.8 Å². The number of H-pyrrole nitrogens is 1. The first-order chi connectivity index (χ1) is 19.0. The molecular formula is C30H31ClN6O2. The topological polar surface area (TPSA) is 88.9 Å². The Kier molecular flexibility index (Phi) is 8.46. The molecule has 0 spiro atoms. The summed E-state index contributed by atoms with van der Waals surface area (Å²) in [5, 5.41) is 14.3. The number of rotatable bonds is 11. The van der Waals surface area contributed by atoms with Gasteiger partial charge in [0, 0.05) is 30.8 Å². The Hall–Kier alpha value is -3.85. The molecule has 2 aromatic heterocycles. The number of nitrogens with zero attached hydrogens (tertiary/aromatic N) is 5. The van der Waals surface area contributed by atoms with Crippen LogP contribution in [0.5, 0.6) is 0 Å². The third-order valence-electron chi connectivity index (χ3n) is 6.92. The Morgan fingerprint density at radius 3 is 2.59 bits per heavy atom. The fraction of sp³-hybridized carbons (Fsp3) is 0.267. The van der Waals surface area contributed by atoms with Gasteiger partial charge in [0.15, 0.2) is 5.82 Å². The van der Waals surface area contributed by atoms with Gasteiger partial charge in [0.25, 0.3) is 5.56 Å². The Bertz CT molecular complexity index is 1580. The van der Waals surface area contributed by atoms with Gasteiger partial charge in [-0.15, -0.1) is 5.10 Å². The highest BCUT2D eigenvalue weighted by atomic mass is 35.5. The zero-order valence-corrected chi connectivity index (χ0v) is 22.8. The maximum atomic E-state index is 13.7. The quantitative estimate of drug-likeness (QED) is 0.254. The van der Waals surface area contributed by atoms with Crippen molar-refractivity contribution in [3.63, 3.8) is 0 Å². The van der Waals surface area contributed by atoms with Crippen molar-refractivity contribution in [1.82, 2.24) is 30.1 Å². The molecule has 0 aliphatic heterocycles. The Labute approximate surface area is 232 Å². The van der Waals surface area contributed by atoms with Crippen molar-refractivity contribution < 1.29 is 4.74 Å². The number of nitrogens with one attached hydrogen (secondary N) is 1. The lowest BCUT2D eigenvalue weighted by Gasteiger charge is -2.31. The first-order valence-electron chi connectivity index (χ1n) is 12.9. The van der Waals surface area contributed by atoms with Gasteiger partial charge in [0.05, 0.1) is 18.7 Å². The molecule has 1 atom stereocenters. The molecule has 0 saturated heterocycles. The van der Waals surface area contributed by atoms with Crippen LogP contribution in [-0.2, 0) is 24.2 Å². The average Bonchev–Trinajstić information content (AvgIpc) is 3.41. The summed E-state index contributed by atoms with van der Waals surface area (Å²) >= 11 is 6.19. The lowest BCUT2D eigenvalue weighted by Crippen LogP contribution is -2.36. The number of hydrogen-bond acceptors (Lipinski definition) is 6. The molecule has 2 heterocycles. The standard InChI is InChI=1S/C30H31ClN6O2/c1-21-7-6-10-24-19-26(30(38)32-27(21)24)28(29-33-34-35-37(29)17-18-39-2)36(16-15-22-8-4-3-5-9-22)20-23-11-13-25(31)14-12-23/h3-14,19,28H,15-18,20H2,1-2H3,(H,32,38)/t28-/m0/s1. The number of para-hydroxylation sites is 1. The molecule has 5 rings (SSSR count). The van der Waals surface area contributed by atoms with E-state index in [9.17, 15) is 4.79 Å². The van der Waals surface area contributed by atoms with Crippen LogP contribution in [0.25, 0.3) is 10.9 Å². The van der Waals surface area contributed by atoms with Gasteiger partial charge in [-0.2, -0.15) is 0 Å². The van der Waals surface area contributed by atoms with E-state index in [0.717, 1.165) is 28.5 Å². The minimum atomic E-state index is -0.509. The molecule has 5 aromatic rings. The van der Waals surface area contributed by atoms with Gasteiger partial charge in [-0.3, -0.25) is 9.69 Å². The molecule has 0 radical (unpaired) electrons. The van der Waals surface area contributed by atoms with Crippen molar-refractivity contribution >= 4 is 22.5 Å². The van der Waals surface area contributed by atoms with Crippen LogP contribution in [0.1, 0.15) is 34.1 Å². The van der Waals surface area contributed by atoms with Gasteiger partial charge in [0.1, 0.15) is 6.04 Å². The van der Waals surface area contributed by atoms with E-state index in [0.29, 0.717) is 42.7 Å². The zero-order chi connectivity index (χ0) is 27.2. The van der Waals surface area contributed by atoms with Crippen LogP contribution >= 0.6 is 11.6 Å². The maximum absolute atomic E-state index is 13.7. The molecule has 0 aliphatic rings. The molecule has 0 unspecified atom stereocenters. The molecule has 9 heteroatoms. The summed E-state index contributed by atoms with van der Waals surface area (Å²) in [6, 6.07) is 25.6. The van der Waals surface area contributed by atoms with E-state index in [4.69, 9.17) is 16.3 Å². The number of benzene rings is 3. The second-order valence-electron chi connectivity index (χ2n) is 9.58. The van der Waals surface area contributed by atoms with Gasteiger partial charge < -0.3 is 9.72 Å². The fourth-order valence-electron chi connectivity index (χ4n) is 4.89. The molecular weight excluding hydrogens is 512 g/mol. The maximum Gasteiger partial charge on any atom is 0.253 e. The highest BCUT2D eigenvalue weighted by Gasteiger charge is 2.30. The Balaban J connectivity index is 1.64. The van der Waals surface area contributed by atoms with Gasteiger partial charge in [-0.25, -0.2) is 4.68 Å². The highest BCUT2D eigenvalue weighted by Crippen LogP contribution is 2.29. The van der Waals surface area contributed by atoms with E-state index >= 15 is 0 Å².